The van der Waals surface area contributed by atoms with Gasteiger partial charge in [-0.2, -0.15) is 0 Å². The molecule has 132 valence electrons. The Bertz CT molecular complexity index is 515. The number of anilines is 3. The molecule has 2 saturated heterocycles. The molecule has 5 heteroatoms. The number of ether oxygens (including phenoxy) is 1. The molecule has 0 saturated carbocycles. The Labute approximate surface area is 145 Å². The third-order valence-corrected chi connectivity index (χ3v) is 4.86. The lowest BCUT2D eigenvalue weighted by atomic mass is 10.2. The van der Waals surface area contributed by atoms with E-state index in [4.69, 9.17) is 4.74 Å². The van der Waals surface area contributed by atoms with Crippen LogP contribution in [0.25, 0.3) is 0 Å². The van der Waals surface area contributed by atoms with Crippen LogP contribution in [0.15, 0.2) is 18.2 Å². The Morgan fingerprint density at radius 3 is 2.08 bits per heavy atom. The molecule has 1 amide bonds. The Morgan fingerprint density at radius 2 is 1.58 bits per heavy atom. The van der Waals surface area contributed by atoms with E-state index in [-0.39, 0.29) is 5.91 Å². The van der Waals surface area contributed by atoms with Crippen LogP contribution in [0.5, 0.6) is 0 Å². The first-order valence-corrected chi connectivity index (χ1v) is 9.30. The number of carbonyl (C=O) groups is 1. The van der Waals surface area contributed by atoms with Crippen molar-refractivity contribution >= 4 is 23.0 Å². The average molecular weight is 331 g/mol. The van der Waals surface area contributed by atoms with Crippen LogP contribution < -0.4 is 15.1 Å². The van der Waals surface area contributed by atoms with Gasteiger partial charge in [0.15, 0.2) is 0 Å². The second-order valence-corrected chi connectivity index (χ2v) is 6.55. The van der Waals surface area contributed by atoms with E-state index < -0.39 is 0 Å². The number of benzene rings is 1. The summed E-state index contributed by atoms with van der Waals surface area (Å²) in [6.07, 6.45) is 5.32. The molecule has 0 aromatic heterocycles. The number of rotatable bonds is 7. The highest BCUT2D eigenvalue weighted by Crippen LogP contribution is 2.38. The van der Waals surface area contributed by atoms with Crippen molar-refractivity contribution in [2.24, 2.45) is 0 Å². The molecule has 3 rings (SSSR count). The molecule has 0 radical (unpaired) electrons. The fraction of sp³-hybridized carbons (Fsp3) is 0.632. The number of amides is 1. The first-order valence-electron chi connectivity index (χ1n) is 9.30. The van der Waals surface area contributed by atoms with Gasteiger partial charge in [0.05, 0.1) is 30.1 Å². The van der Waals surface area contributed by atoms with E-state index in [1.165, 1.54) is 37.1 Å². The minimum absolute atomic E-state index is 0.0375. The molecule has 1 aromatic rings. The lowest BCUT2D eigenvalue weighted by Gasteiger charge is -2.27. The molecule has 2 fully saturated rings. The minimum atomic E-state index is 0.0375. The highest BCUT2D eigenvalue weighted by Gasteiger charge is 2.23. The Kier molecular flexibility index (Phi) is 5.96. The molecule has 1 aromatic carbocycles. The van der Waals surface area contributed by atoms with Gasteiger partial charge in [-0.1, -0.05) is 6.07 Å². The molecular weight excluding hydrogens is 302 g/mol. The molecule has 5 nitrogen and oxygen atoms in total. The van der Waals surface area contributed by atoms with Gasteiger partial charge in [-0.25, -0.2) is 0 Å². The van der Waals surface area contributed by atoms with Gasteiger partial charge in [0.2, 0.25) is 5.91 Å². The Balaban J connectivity index is 1.82. The van der Waals surface area contributed by atoms with Crippen molar-refractivity contribution in [1.82, 2.24) is 0 Å². The van der Waals surface area contributed by atoms with E-state index >= 15 is 0 Å². The van der Waals surface area contributed by atoms with Crippen molar-refractivity contribution in [3.8, 4) is 0 Å². The molecular formula is C19H29N3O2. The topological polar surface area (TPSA) is 44.8 Å². The summed E-state index contributed by atoms with van der Waals surface area (Å²) >= 11 is 0. The normalized spacial score (nSPS) is 17.5. The number of carbonyl (C=O) groups excluding carboxylic acids is 1. The zero-order chi connectivity index (χ0) is 16.8. The fourth-order valence-electron chi connectivity index (χ4n) is 3.61. The van der Waals surface area contributed by atoms with Crippen molar-refractivity contribution in [2.45, 2.75) is 39.0 Å². The molecule has 0 spiro atoms. The number of hydrogen-bond acceptors (Lipinski definition) is 4. The summed E-state index contributed by atoms with van der Waals surface area (Å²) in [6.45, 7) is 7.38. The molecule has 0 aliphatic carbocycles. The van der Waals surface area contributed by atoms with Gasteiger partial charge in [-0.15, -0.1) is 0 Å². The summed E-state index contributed by atoms with van der Waals surface area (Å²) in [5, 5.41) is 3.19. The van der Waals surface area contributed by atoms with Crippen LogP contribution in [0.3, 0.4) is 0 Å². The number of hydrogen-bond donors (Lipinski definition) is 1. The first-order chi connectivity index (χ1) is 11.8. The Hall–Kier alpha value is -1.75. The number of para-hydroxylation sites is 1. The van der Waals surface area contributed by atoms with Crippen LogP contribution in [-0.2, 0) is 9.53 Å². The summed E-state index contributed by atoms with van der Waals surface area (Å²) in [7, 11) is 0. The first kappa shape index (κ1) is 17.1. The van der Waals surface area contributed by atoms with Crippen LogP contribution in [-0.4, -0.2) is 45.3 Å². The van der Waals surface area contributed by atoms with Gasteiger partial charge in [-0.05, 0) is 44.7 Å². The highest BCUT2D eigenvalue weighted by molar-refractivity contribution is 5.99. The van der Waals surface area contributed by atoms with E-state index in [0.717, 1.165) is 31.9 Å². The molecule has 1 N–H and O–H groups in total. The van der Waals surface area contributed by atoms with Gasteiger partial charge in [-0.3, -0.25) is 4.79 Å². The van der Waals surface area contributed by atoms with Crippen LogP contribution in [0, 0.1) is 0 Å². The van der Waals surface area contributed by atoms with Crippen LogP contribution in [0.4, 0.5) is 17.1 Å². The van der Waals surface area contributed by atoms with Gasteiger partial charge < -0.3 is 19.9 Å². The zero-order valence-corrected chi connectivity index (χ0v) is 14.7. The summed E-state index contributed by atoms with van der Waals surface area (Å²) in [6, 6.07) is 6.41. The van der Waals surface area contributed by atoms with Crippen molar-refractivity contribution in [2.75, 3.05) is 54.5 Å². The minimum Gasteiger partial charge on any atom is -0.381 e. The van der Waals surface area contributed by atoms with E-state index in [0.29, 0.717) is 19.6 Å². The van der Waals surface area contributed by atoms with Gasteiger partial charge in [0, 0.05) is 32.8 Å². The SMILES string of the molecule is CCOCCC(=O)Nc1c(N2CCCC2)cccc1N1CCCC1. The maximum absolute atomic E-state index is 12.4. The monoisotopic (exact) mass is 331 g/mol. The van der Waals surface area contributed by atoms with E-state index in [9.17, 15) is 4.79 Å². The van der Waals surface area contributed by atoms with Crippen LogP contribution in [0.1, 0.15) is 39.0 Å². The maximum Gasteiger partial charge on any atom is 0.226 e. The fourth-order valence-corrected chi connectivity index (χ4v) is 3.61. The molecule has 24 heavy (non-hydrogen) atoms. The standard InChI is InChI=1S/C19H29N3O2/c1-2-24-15-10-18(23)20-19-16(21-11-3-4-12-21)8-7-9-17(19)22-13-5-6-14-22/h7-9H,2-6,10-15H2,1H3,(H,20,23). The predicted molar refractivity (Wildman–Crippen MR) is 99.1 cm³/mol. The second-order valence-electron chi connectivity index (χ2n) is 6.55. The lowest BCUT2D eigenvalue weighted by molar-refractivity contribution is -0.117. The smallest absolute Gasteiger partial charge is 0.226 e. The summed E-state index contributed by atoms with van der Waals surface area (Å²) < 4.78 is 5.32. The maximum atomic E-state index is 12.4. The third-order valence-electron chi connectivity index (χ3n) is 4.86. The number of nitrogens with zero attached hydrogens (tertiary/aromatic N) is 2. The molecule has 2 aliphatic heterocycles. The summed E-state index contributed by atoms with van der Waals surface area (Å²) in [5.41, 5.74) is 3.33. The average Bonchev–Trinajstić information content (AvgIpc) is 3.29. The highest BCUT2D eigenvalue weighted by atomic mass is 16.5. The molecule has 0 unspecified atom stereocenters. The van der Waals surface area contributed by atoms with Crippen molar-refractivity contribution in [3.63, 3.8) is 0 Å². The molecule has 0 bridgehead atoms. The summed E-state index contributed by atoms with van der Waals surface area (Å²) in [5.74, 6) is 0.0375. The van der Waals surface area contributed by atoms with Gasteiger partial charge in [0.25, 0.3) is 0 Å². The quantitative estimate of drug-likeness (QED) is 0.779. The van der Waals surface area contributed by atoms with Crippen molar-refractivity contribution in [3.05, 3.63) is 18.2 Å². The second kappa shape index (κ2) is 8.38. The van der Waals surface area contributed by atoms with Gasteiger partial charge in [0.1, 0.15) is 0 Å². The van der Waals surface area contributed by atoms with Crippen molar-refractivity contribution < 1.29 is 9.53 Å². The third kappa shape index (κ3) is 4.01. The zero-order valence-electron chi connectivity index (χ0n) is 14.7. The molecule has 2 heterocycles. The Morgan fingerprint density at radius 1 is 1.04 bits per heavy atom. The van der Waals surface area contributed by atoms with Crippen LogP contribution in [0.2, 0.25) is 0 Å². The van der Waals surface area contributed by atoms with E-state index in [2.05, 4.69) is 33.3 Å². The van der Waals surface area contributed by atoms with Crippen LogP contribution >= 0.6 is 0 Å². The lowest BCUT2D eigenvalue weighted by Crippen LogP contribution is -2.25. The van der Waals surface area contributed by atoms with Gasteiger partial charge >= 0.3 is 0 Å². The van der Waals surface area contributed by atoms with E-state index in [1.807, 2.05) is 6.92 Å². The summed E-state index contributed by atoms with van der Waals surface area (Å²) in [4.78, 5) is 17.2. The molecule has 0 atom stereocenters. The van der Waals surface area contributed by atoms with Crippen molar-refractivity contribution in [1.29, 1.82) is 0 Å². The predicted octanol–water partition coefficient (Wildman–Crippen LogP) is 3.25. The van der Waals surface area contributed by atoms with E-state index in [1.54, 1.807) is 0 Å². The largest absolute Gasteiger partial charge is 0.381 e. The molecule has 2 aliphatic rings. The number of nitrogens with one attached hydrogen (secondary N) is 1.